The Morgan fingerprint density at radius 2 is 1.76 bits per heavy atom. The molecule has 0 spiro atoms. The van der Waals surface area contributed by atoms with Gasteiger partial charge in [-0.2, -0.15) is 5.26 Å². The fourth-order valence-corrected chi connectivity index (χ4v) is 4.33. The number of halogens is 1. The van der Waals surface area contributed by atoms with E-state index in [1.807, 2.05) is 74.5 Å². The second kappa shape index (κ2) is 12.1. The molecule has 37 heavy (non-hydrogen) atoms. The minimum Gasteiger partial charge on any atom is -0.490 e. The van der Waals surface area contributed by atoms with Crippen molar-refractivity contribution in [3.8, 4) is 17.6 Å². The van der Waals surface area contributed by atoms with Crippen molar-refractivity contribution in [2.45, 2.75) is 26.5 Å². The van der Waals surface area contributed by atoms with Crippen molar-refractivity contribution < 1.29 is 14.3 Å². The zero-order valence-corrected chi connectivity index (χ0v) is 21.5. The molecule has 1 atom stereocenters. The SMILES string of the molecule is CCOc1cc(/C=C(/C#N)C(=O)N[C@H](C)c2ccccc2)cc(Cl)c1OCc1cccc2ccccc12. The van der Waals surface area contributed by atoms with Crippen LogP contribution >= 0.6 is 11.6 Å². The standard InChI is InChI=1S/C31H27ClN2O3/c1-3-36-29-18-22(16-26(19-33)31(35)34-21(2)23-10-5-4-6-11-23)17-28(32)30(29)37-20-25-14-9-13-24-12-7-8-15-27(24)25/h4-18,21H,3,20H2,1-2H3,(H,34,35)/b26-16-/t21-/m1/s1. The van der Waals surface area contributed by atoms with Crippen molar-refractivity contribution in [2.24, 2.45) is 0 Å². The molecule has 0 aliphatic heterocycles. The highest BCUT2D eigenvalue weighted by molar-refractivity contribution is 6.32. The lowest BCUT2D eigenvalue weighted by Crippen LogP contribution is -2.27. The number of rotatable bonds is 9. The van der Waals surface area contributed by atoms with E-state index in [-0.39, 0.29) is 11.6 Å². The Labute approximate surface area is 221 Å². The molecule has 0 aromatic heterocycles. The van der Waals surface area contributed by atoms with E-state index in [4.69, 9.17) is 21.1 Å². The van der Waals surface area contributed by atoms with Crippen molar-refractivity contribution in [3.05, 3.63) is 112 Å². The summed E-state index contributed by atoms with van der Waals surface area (Å²) in [6.45, 7) is 4.44. The highest BCUT2D eigenvalue weighted by Crippen LogP contribution is 2.38. The summed E-state index contributed by atoms with van der Waals surface area (Å²) in [6, 6.07) is 28.9. The van der Waals surface area contributed by atoms with Crippen LogP contribution in [0.3, 0.4) is 0 Å². The first-order chi connectivity index (χ1) is 18.0. The second-order valence-electron chi connectivity index (χ2n) is 8.47. The van der Waals surface area contributed by atoms with E-state index in [9.17, 15) is 10.1 Å². The van der Waals surface area contributed by atoms with Gasteiger partial charge in [0.25, 0.3) is 5.91 Å². The van der Waals surface area contributed by atoms with Crippen molar-refractivity contribution in [2.75, 3.05) is 6.61 Å². The summed E-state index contributed by atoms with van der Waals surface area (Å²) in [5.41, 5.74) is 2.50. The lowest BCUT2D eigenvalue weighted by molar-refractivity contribution is -0.117. The zero-order valence-electron chi connectivity index (χ0n) is 20.7. The lowest BCUT2D eigenvalue weighted by atomic mass is 10.1. The van der Waals surface area contributed by atoms with Gasteiger partial charge >= 0.3 is 0 Å². The summed E-state index contributed by atoms with van der Waals surface area (Å²) in [5.74, 6) is 0.385. The first-order valence-electron chi connectivity index (χ1n) is 12.0. The number of carbonyl (C=O) groups is 1. The molecule has 5 nitrogen and oxygen atoms in total. The third-order valence-electron chi connectivity index (χ3n) is 5.91. The van der Waals surface area contributed by atoms with Gasteiger partial charge in [-0.15, -0.1) is 0 Å². The molecule has 1 amide bonds. The predicted molar refractivity (Wildman–Crippen MR) is 147 cm³/mol. The maximum atomic E-state index is 12.8. The minimum absolute atomic E-state index is 0.0364. The number of carbonyl (C=O) groups excluding carboxylic acids is 1. The quantitative estimate of drug-likeness (QED) is 0.190. The van der Waals surface area contributed by atoms with E-state index < -0.39 is 5.91 Å². The average molecular weight is 511 g/mol. The van der Waals surface area contributed by atoms with Gasteiger partial charge in [-0.05, 0) is 59.5 Å². The van der Waals surface area contributed by atoms with Crippen LogP contribution in [-0.2, 0) is 11.4 Å². The van der Waals surface area contributed by atoms with Gasteiger partial charge in [0.1, 0.15) is 18.2 Å². The third-order valence-corrected chi connectivity index (χ3v) is 6.19. The highest BCUT2D eigenvalue weighted by Gasteiger charge is 2.17. The molecule has 4 aromatic carbocycles. The molecule has 0 aliphatic carbocycles. The van der Waals surface area contributed by atoms with Gasteiger partial charge in [-0.3, -0.25) is 4.79 Å². The highest BCUT2D eigenvalue weighted by atomic mass is 35.5. The van der Waals surface area contributed by atoms with Crippen LogP contribution in [0.5, 0.6) is 11.5 Å². The number of benzene rings is 4. The van der Waals surface area contributed by atoms with Gasteiger partial charge < -0.3 is 14.8 Å². The maximum Gasteiger partial charge on any atom is 0.262 e. The van der Waals surface area contributed by atoms with Gasteiger partial charge in [0.2, 0.25) is 0 Å². The molecular weight excluding hydrogens is 484 g/mol. The maximum absolute atomic E-state index is 12.8. The van der Waals surface area contributed by atoms with E-state index in [1.54, 1.807) is 12.1 Å². The molecule has 6 heteroatoms. The Hall–Kier alpha value is -4.27. The summed E-state index contributed by atoms with van der Waals surface area (Å²) < 4.78 is 11.9. The number of nitrogens with one attached hydrogen (secondary N) is 1. The Morgan fingerprint density at radius 1 is 1.03 bits per heavy atom. The van der Waals surface area contributed by atoms with Crippen LogP contribution in [0.1, 0.15) is 36.6 Å². The van der Waals surface area contributed by atoms with Crippen molar-refractivity contribution in [1.82, 2.24) is 5.32 Å². The van der Waals surface area contributed by atoms with Crippen LogP contribution < -0.4 is 14.8 Å². The average Bonchev–Trinajstić information content (AvgIpc) is 2.92. The number of fused-ring (bicyclic) bond motifs is 1. The fourth-order valence-electron chi connectivity index (χ4n) is 4.06. The summed E-state index contributed by atoms with van der Waals surface area (Å²) in [5, 5.41) is 15.1. The molecule has 0 aliphatic rings. The predicted octanol–water partition coefficient (Wildman–Crippen LogP) is 7.26. The van der Waals surface area contributed by atoms with E-state index >= 15 is 0 Å². The Morgan fingerprint density at radius 3 is 2.51 bits per heavy atom. The molecule has 0 radical (unpaired) electrons. The summed E-state index contributed by atoms with van der Waals surface area (Å²) in [7, 11) is 0. The number of ether oxygens (including phenoxy) is 2. The molecule has 0 bridgehead atoms. The molecule has 4 aromatic rings. The van der Waals surface area contributed by atoms with Crippen LogP contribution in [0.2, 0.25) is 5.02 Å². The van der Waals surface area contributed by atoms with Crippen LogP contribution in [0.4, 0.5) is 0 Å². The molecule has 0 saturated carbocycles. The summed E-state index contributed by atoms with van der Waals surface area (Å²) in [6.07, 6.45) is 1.50. The van der Waals surface area contributed by atoms with E-state index in [2.05, 4.69) is 23.5 Å². The fraction of sp³-hybridized carbons (Fsp3) is 0.161. The van der Waals surface area contributed by atoms with Crippen molar-refractivity contribution >= 4 is 34.4 Å². The topological polar surface area (TPSA) is 71.3 Å². The van der Waals surface area contributed by atoms with Crippen LogP contribution in [-0.4, -0.2) is 12.5 Å². The molecule has 0 saturated heterocycles. The van der Waals surface area contributed by atoms with Gasteiger partial charge in [0.05, 0.1) is 17.7 Å². The number of nitrogens with zero attached hydrogens (tertiary/aromatic N) is 1. The van der Waals surface area contributed by atoms with Crippen LogP contribution in [0.25, 0.3) is 16.8 Å². The van der Waals surface area contributed by atoms with Gasteiger partial charge in [0.15, 0.2) is 11.5 Å². The largest absolute Gasteiger partial charge is 0.490 e. The number of hydrogen-bond donors (Lipinski definition) is 1. The van der Waals surface area contributed by atoms with Crippen LogP contribution in [0.15, 0.2) is 90.5 Å². The number of nitriles is 1. The van der Waals surface area contributed by atoms with E-state index in [0.29, 0.717) is 35.3 Å². The molecule has 1 N–H and O–H groups in total. The molecule has 0 heterocycles. The lowest BCUT2D eigenvalue weighted by Gasteiger charge is -2.16. The number of hydrogen-bond acceptors (Lipinski definition) is 4. The molecule has 0 fully saturated rings. The normalized spacial score (nSPS) is 12.0. The van der Waals surface area contributed by atoms with Crippen LogP contribution in [0, 0.1) is 11.3 Å². The number of amides is 1. The van der Waals surface area contributed by atoms with Crippen molar-refractivity contribution in [1.29, 1.82) is 5.26 Å². The first kappa shape index (κ1) is 25.8. The Kier molecular flexibility index (Phi) is 8.45. The van der Waals surface area contributed by atoms with Gasteiger partial charge in [0, 0.05) is 0 Å². The Bertz CT molecular complexity index is 1470. The molecule has 0 unspecified atom stereocenters. The summed E-state index contributed by atoms with van der Waals surface area (Å²) >= 11 is 6.61. The second-order valence-corrected chi connectivity index (χ2v) is 8.87. The van der Waals surface area contributed by atoms with Gasteiger partial charge in [-0.25, -0.2) is 0 Å². The van der Waals surface area contributed by atoms with Crippen molar-refractivity contribution in [3.63, 3.8) is 0 Å². The summed E-state index contributed by atoms with van der Waals surface area (Å²) in [4.78, 5) is 12.8. The monoisotopic (exact) mass is 510 g/mol. The zero-order chi connectivity index (χ0) is 26.2. The minimum atomic E-state index is -0.468. The van der Waals surface area contributed by atoms with Gasteiger partial charge in [-0.1, -0.05) is 84.4 Å². The molecule has 186 valence electrons. The van der Waals surface area contributed by atoms with E-state index in [0.717, 1.165) is 21.9 Å². The third kappa shape index (κ3) is 6.30. The first-order valence-corrected chi connectivity index (χ1v) is 12.4. The smallest absolute Gasteiger partial charge is 0.262 e. The Balaban J connectivity index is 1.57. The molecular formula is C31H27ClN2O3. The molecule has 4 rings (SSSR count). The van der Waals surface area contributed by atoms with E-state index in [1.165, 1.54) is 6.08 Å².